The minimum absolute atomic E-state index is 0.337. The molecule has 1 saturated carbocycles. The number of hydrogen-bond acceptors (Lipinski definition) is 5. The molecule has 18 heavy (non-hydrogen) atoms. The Morgan fingerprint density at radius 2 is 2.39 bits per heavy atom. The van der Waals surface area contributed by atoms with Gasteiger partial charge < -0.3 is 15.8 Å². The second kappa shape index (κ2) is 5.25. The lowest BCUT2D eigenvalue weighted by Gasteiger charge is -2.11. The maximum absolute atomic E-state index is 11.7. The number of carbonyl (C=O) groups is 1. The van der Waals surface area contributed by atoms with Gasteiger partial charge in [-0.05, 0) is 25.3 Å². The summed E-state index contributed by atoms with van der Waals surface area (Å²) in [6.07, 6.45) is 3.87. The highest BCUT2D eigenvalue weighted by Crippen LogP contribution is 2.37. The minimum Gasteiger partial charge on any atom is -0.462 e. The first-order chi connectivity index (χ1) is 8.67. The zero-order valence-corrected chi connectivity index (χ0v) is 10.8. The van der Waals surface area contributed by atoms with Crippen molar-refractivity contribution in [3.63, 3.8) is 0 Å². The van der Waals surface area contributed by atoms with Crippen LogP contribution in [0.5, 0.6) is 0 Å². The Bertz CT molecular complexity index is 448. The fourth-order valence-corrected chi connectivity index (χ4v) is 2.03. The van der Waals surface area contributed by atoms with Crippen molar-refractivity contribution in [2.45, 2.75) is 32.7 Å². The Hall–Kier alpha value is -1.78. The summed E-state index contributed by atoms with van der Waals surface area (Å²) in [5.74, 6) is 0.877. The van der Waals surface area contributed by atoms with Crippen molar-refractivity contribution >= 4 is 17.5 Å². The first-order valence-electron chi connectivity index (χ1n) is 6.35. The molecule has 1 aliphatic carbocycles. The zero-order valence-electron chi connectivity index (χ0n) is 10.8. The summed E-state index contributed by atoms with van der Waals surface area (Å²) in [7, 11) is 0. The van der Waals surface area contributed by atoms with Crippen molar-refractivity contribution in [2.75, 3.05) is 17.7 Å². The van der Waals surface area contributed by atoms with Gasteiger partial charge in [-0.15, -0.1) is 0 Å². The van der Waals surface area contributed by atoms with Crippen molar-refractivity contribution < 1.29 is 9.53 Å². The van der Waals surface area contributed by atoms with Crippen LogP contribution >= 0.6 is 0 Å². The molecule has 1 heterocycles. The van der Waals surface area contributed by atoms with Crippen molar-refractivity contribution in [3.05, 3.63) is 17.8 Å². The number of pyridine rings is 1. The standard InChI is InChI=1S/C13H19N3O2/c1-3-8-7-10(8)16-12-11(14)9(5-6-15-12)13(17)18-4-2/h5-6,8,10H,3-4,7,14H2,1-2H3,(H,15,16). The maximum atomic E-state index is 11.7. The van der Waals surface area contributed by atoms with Gasteiger partial charge in [-0.2, -0.15) is 0 Å². The Morgan fingerprint density at radius 3 is 3.00 bits per heavy atom. The van der Waals surface area contributed by atoms with Crippen LogP contribution in [0.3, 0.4) is 0 Å². The van der Waals surface area contributed by atoms with E-state index < -0.39 is 5.97 Å². The number of rotatable bonds is 5. The molecular weight excluding hydrogens is 230 g/mol. The number of nitrogens with one attached hydrogen (secondary N) is 1. The van der Waals surface area contributed by atoms with Gasteiger partial charge in [0, 0.05) is 12.2 Å². The molecule has 1 aliphatic rings. The molecule has 0 amide bonds. The van der Waals surface area contributed by atoms with Gasteiger partial charge in [0.25, 0.3) is 0 Å². The molecule has 0 bridgehead atoms. The molecule has 98 valence electrons. The topological polar surface area (TPSA) is 77.2 Å². The molecule has 0 aromatic carbocycles. The molecular formula is C13H19N3O2. The lowest BCUT2D eigenvalue weighted by atomic mass is 10.2. The lowest BCUT2D eigenvalue weighted by molar-refractivity contribution is 0.0527. The molecule has 5 nitrogen and oxygen atoms in total. The van der Waals surface area contributed by atoms with Crippen molar-refractivity contribution in [1.29, 1.82) is 0 Å². The number of hydrogen-bond donors (Lipinski definition) is 2. The van der Waals surface area contributed by atoms with E-state index in [9.17, 15) is 4.79 Å². The van der Waals surface area contributed by atoms with E-state index in [-0.39, 0.29) is 0 Å². The van der Waals surface area contributed by atoms with E-state index in [2.05, 4.69) is 17.2 Å². The number of nitrogen functional groups attached to an aromatic ring is 1. The third-order valence-electron chi connectivity index (χ3n) is 3.25. The van der Waals surface area contributed by atoms with Crippen molar-refractivity contribution in [3.8, 4) is 0 Å². The number of carbonyl (C=O) groups excluding carboxylic acids is 1. The number of aromatic nitrogens is 1. The number of nitrogens with two attached hydrogens (primary N) is 1. The first-order valence-corrected chi connectivity index (χ1v) is 6.35. The molecule has 2 unspecified atom stereocenters. The number of esters is 1. The average molecular weight is 249 g/mol. The third-order valence-corrected chi connectivity index (χ3v) is 3.25. The molecule has 1 aromatic rings. The van der Waals surface area contributed by atoms with Gasteiger partial charge in [-0.3, -0.25) is 0 Å². The van der Waals surface area contributed by atoms with Crippen LogP contribution in [0.4, 0.5) is 11.5 Å². The molecule has 2 atom stereocenters. The summed E-state index contributed by atoms with van der Waals surface area (Å²) in [5.41, 5.74) is 6.70. The molecule has 1 fully saturated rings. The Labute approximate surface area is 107 Å². The summed E-state index contributed by atoms with van der Waals surface area (Å²) in [5, 5.41) is 3.28. The summed E-state index contributed by atoms with van der Waals surface area (Å²) >= 11 is 0. The van der Waals surface area contributed by atoms with Crippen LogP contribution < -0.4 is 11.1 Å². The highest BCUT2D eigenvalue weighted by atomic mass is 16.5. The molecule has 0 saturated heterocycles. The molecule has 0 spiro atoms. The van der Waals surface area contributed by atoms with Gasteiger partial charge in [0.2, 0.25) is 0 Å². The Morgan fingerprint density at radius 1 is 1.61 bits per heavy atom. The number of nitrogens with zero attached hydrogens (tertiary/aromatic N) is 1. The van der Waals surface area contributed by atoms with Crippen LogP contribution in [0.2, 0.25) is 0 Å². The van der Waals surface area contributed by atoms with E-state index in [0.717, 1.165) is 12.8 Å². The lowest BCUT2D eigenvalue weighted by Crippen LogP contribution is -2.13. The molecule has 5 heteroatoms. The highest BCUT2D eigenvalue weighted by molar-refractivity contribution is 5.97. The highest BCUT2D eigenvalue weighted by Gasteiger charge is 2.36. The molecule has 2 rings (SSSR count). The normalized spacial score (nSPS) is 21.4. The SMILES string of the molecule is CCOC(=O)c1ccnc(NC2CC2CC)c1N. The van der Waals surface area contributed by atoms with Gasteiger partial charge >= 0.3 is 5.97 Å². The summed E-state index contributed by atoms with van der Waals surface area (Å²) in [4.78, 5) is 15.9. The van der Waals surface area contributed by atoms with E-state index >= 15 is 0 Å². The van der Waals surface area contributed by atoms with E-state index in [0.29, 0.717) is 35.6 Å². The molecule has 1 aromatic heterocycles. The Balaban J connectivity index is 2.12. The fraction of sp³-hybridized carbons (Fsp3) is 0.538. The number of anilines is 2. The minimum atomic E-state index is -0.400. The average Bonchev–Trinajstić information content (AvgIpc) is 3.10. The predicted molar refractivity (Wildman–Crippen MR) is 70.4 cm³/mol. The van der Waals surface area contributed by atoms with Gasteiger partial charge in [-0.1, -0.05) is 13.3 Å². The van der Waals surface area contributed by atoms with Gasteiger partial charge in [-0.25, -0.2) is 9.78 Å². The van der Waals surface area contributed by atoms with Crippen LogP contribution in [0.15, 0.2) is 12.3 Å². The Kier molecular flexibility index (Phi) is 3.69. The van der Waals surface area contributed by atoms with Crippen LogP contribution in [0.1, 0.15) is 37.0 Å². The first kappa shape index (κ1) is 12.7. The van der Waals surface area contributed by atoms with Crippen LogP contribution in [0.25, 0.3) is 0 Å². The van der Waals surface area contributed by atoms with Crippen LogP contribution in [-0.2, 0) is 4.74 Å². The number of ether oxygens (including phenoxy) is 1. The van der Waals surface area contributed by atoms with Crippen LogP contribution in [-0.4, -0.2) is 23.6 Å². The van der Waals surface area contributed by atoms with Crippen molar-refractivity contribution in [1.82, 2.24) is 4.98 Å². The van der Waals surface area contributed by atoms with Gasteiger partial charge in [0.1, 0.15) is 5.82 Å². The second-order valence-corrected chi connectivity index (χ2v) is 4.50. The fourth-order valence-electron chi connectivity index (χ4n) is 2.03. The molecule has 0 aliphatic heterocycles. The van der Waals surface area contributed by atoms with Crippen molar-refractivity contribution in [2.24, 2.45) is 5.92 Å². The van der Waals surface area contributed by atoms with E-state index in [1.807, 2.05) is 0 Å². The summed E-state index contributed by atoms with van der Waals surface area (Å²) < 4.78 is 4.95. The van der Waals surface area contributed by atoms with Crippen LogP contribution in [0, 0.1) is 5.92 Å². The summed E-state index contributed by atoms with van der Waals surface area (Å²) in [6.45, 7) is 4.27. The summed E-state index contributed by atoms with van der Waals surface area (Å²) in [6, 6.07) is 2.02. The van der Waals surface area contributed by atoms with E-state index in [1.165, 1.54) is 0 Å². The van der Waals surface area contributed by atoms with E-state index in [1.54, 1.807) is 19.2 Å². The quantitative estimate of drug-likeness (QED) is 0.781. The smallest absolute Gasteiger partial charge is 0.340 e. The maximum Gasteiger partial charge on any atom is 0.340 e. The zero-order chi connectivity index (χ0) is 13.1. The molecule has 0 radical (unpaired) electrons. The third kappa shape index (κ3) is 2.55. The predicted octanol–water partition coefficient (Wildman–Crippen LogP) is 2.05. The largest absolute Gasteiger partial charge is 0.462 e. The monoisotopic (exact) mass is 249 g/mol. The molecule has 3 N–H and O–H groups in total. The van der Waals surface area contributed by atoms with Gasteiger partial charge in [0.15, 0.2) is 0 Å². The van der Waals surface area contributed by atoms with E-state index in [4.69, 9.17) is 10.5 Å². The second-order valence-electron chi connectivity index (χ2n) is 4.50. The van der Waals surface area contributed by atoms with Gasteiger partial charge in [0.05, 0.1) is 17.9 Å².